The maximum atomic E-state index is 13.7. The van der Waals surface area contributed by atoms with Crippen molar-refractivity contribution in [3.8, 4) is 5.75 Å². The van der Waals surface area contributed by atoms with E-state index in [1.54, 1.807) is 24.3 Å². The molecule has 2 aliphatic heterocycles. The Hall–Kier alpha value is -3.42. The first-order valence-electron chi connectivity index (χ1n) is 13.0. The molecule has 0 fully saturated rings. The third-order valence-corrected chi connectivity index (χ3v) is 7.66. The fourth-order valence-corrected chi connectivity index (χ4v) is 5.68. The summed E-state index contributed by atoms with van der Waals surface area (Å²) in [6.45, 7) is 7.05. The van der Waals surface area contributed by atoms with E-state index < -0.39 is 6.04 Å². The Morgan fingerprint density at radius 2 is 1.95 bits per heavy atom. The van der Waals surface area contributed by atoms with Gasteiger partial charge < -0.3 is 21.5 Å². The van der Waals surface area contributed by atoms with Gasteiger partial charge in [0, 0.05) is 31.9 Å². The van der Waals surface area contributed by atoms with Gasteiger partial charge in [0.15, 0.2) is 0 Å². The number of anilines is 1. The molecular weight excluding hydrogens is 467 g/mol. The van der Waals surface area contributed by atoms with Gasteiger partial charge in [-0.25, -0.2) is 4.39 Å². The summed E-state index contributed by atoms with van der Waals surface area (Å²) in [5, 5.41) is 16.4. The summed E-state index contributed by atoms with van der Waals surface area (Å²) < 4.78 is 13.7. The van der Waals surface area contributed by atoms with E-state index in [-0.39, 0.29) is 23.5 Å². The number of benzene rings is 3. The van der Waals surface area contributed by atoms with Crippen molar-refractivity contribution in [2.24, 2.45) is 5.73 Å². The van der Waals surface area contributed by atoms with Crippen molar-refractivity contribution in [2.75, 3.05) is 18.4 Å². The minimum atomic E-state index is -0.683. The Labute approximate surface area is 217 Å². The first-order valence-corrected chi connectivity index (χ1v) is 13.0. The standard InChI is InChI=1S/C30H35FN4O2/c1-18-11-24(36)12-19(2)25(18)15-27(32)30(37)34-29-7-9-33-28-6-3-20(13-26(28)29)16-35-10-8-21-4-5-23(31)14-22(21)17-35/h3-6,11-14,27,29,33,36H,7-10,15-17,32H2,1-2H3,(H,34,37)/t27-,29+/m0/s1. The van der Waals surface area contributed by atoms with Crippen molar-refractivity contribution >= 4 is 11.6 Å². The molecule has 3 aromatic carbocycles. The van der Waals surface area contributed by atoms with Crippen LogP contribution in [0.1, 0.15) is 51.4 Å². The van der Waals surface area contributed by atoms with Gasteiger partial charge in [0.1, 0.15) is 11.6 Å². The number of phenols is 1. The highest BCUT2D eigenvalue weighted by atomic mass is 19.1. The number of aromatic hydroxyl groups is 1. The molecule has 2 heterocycles. The van der Waals surface area contributed by atoms with Crippen molar-refractivity contribution in [2.45, 2.75) is 58.3 Å². The fraction of sp³-hybridized carbons (Fsp3) is 0.367. The predicted octanol–water partition coefficient (Wildman–Crippen LogP) is 4.25. The molecule has 0 aromatic heterocycles. The quantitative estimate of drug-likeness (QED) is 0.405. The minimum Gasteiger partial charge on any atom is -0.508 e. The zero-order valence-corrected chi connectivity index (χ0v) is 21.5. The van der Waals surface area contributed by atoms with Crippen LogP contribution >= 0.6 is 0 Å². The van der Waals surface area contributed by atoms with Gasteiger partial charge in [-0.3, -0.25) is 9.69 Å². The van der Waals surface area contributed by atoms with Crippen molar-refractivity contribution in [3.63, 3.8) is 0 Å². The van der Waals surface area contributed by atoms with Gasteiger partial charge in [-0.2, -0.15) is 0 Å². The monoisotopic (exact) mass is 502 g/mol. The SMILES string of the molecule is Cc1cc(O)cc(C)c1C[C@H](N)C(=O)N[C@@H]1CCNc2ccc(CN3CCc4ccc(F)cc4C3)cc21. The molecule has 5 rings (SSSR count). The number of carbonyl (C=O) groups is 1. The maximum absolute atomic E-state index is 13.7. The maximum Gasteiger partial charge on any atom is 0.237 e. The highest BCUT2D eigenvalue weighted by molar-refractivity contribution is 5.82. The molecule has 2 aliphatic rings. The number of nitrogens with two attached hydrogens (primary N) is 1. The number of fused-ring (bicyclic) bond motifs is 2. The smallest absolute Gasteiger partial charge is 0.237 e. The van der Waals surface area contributed by atoms with Crippen LogP contribution in [0.15, 0.2) is 48.5 Å². The Morgan fingerprint density at radius 1 is 1.16 bits per heavy atom. The highest BCUT2D eigenvalue weighted by Gasteiger charge is 2.26. The van der Waals surface area contributed by atoms with E-state index in [0.29, 0.717) is 6.42 Å². The third kappa shape index (κ3) is 5.63. The van der Waals surface area contributed by atoms with Crippen LogP contribution in [0.2, 0.25) is 0 Å². The van der Waals surface area contributed by atoms with Crippen LogP contribution < -0.4 is 16.4 Å². The summed E-state index contributed by atoms with van der Waals surface area (Å²) in [6.07, 6.45) is 2.11. The summed E-state index contributed by atoms with van der Waals surface area (Å²) in [4.78, 5) is 15.5. The zero-order valence-electron chi connectivity index (χ0n) is 21.5. The average molecular weight is 503 g/mol. The average Bonchev–Trinajstić information content (AvgIpc) is 2.86. The summed E-state index contributed by atoms with van der Waals surface area (Å²) in [6, 6.07) is 14.1. The van der Waals surface area contributed by atoms with E-state index in [1.165, 1.54) is 11.1 Å². The number of nitrogens with one attached hydrogen (secondary N) is 2. The molecule has 0 aliphatic carbocycles. The van der Waals surface area contributed by atoms with E-state index in [2.05, 4.69) is 33.7 Å². The Balaban J connectivity index is 1.27. The second-order valence-electron chi connectivity index (χ2n) is 10.4. The number of amides is 1. The molecule has 0 radical (unpaired) electrons. The van der Waals surface area contributed by atoms with E-state index >= 15 is 0 Å². The van der Waals surface area contributed by atoms with Gasteiger partial charge in [0.05, 0.1) is 12.1 Å². The number of rotatable bonds is 6. The molecule has 6 nitrogen and oxygen atoms in total. The largest absolute Gasteiger partial charge is 0.508 e. The lowest BCUT2D eigenvalue weighted by Crippen LogP contribution is -2.44. The number of nitrogens with zero attached hydrogens (tertiary/aromatic N) is 1. The lowest BCUT2D eigenvalue weighted by Gasteiger charge is -2.31. The van der Waals surface area contributed by atoms with Crippen molar-refractivity contribution < 1.29 is 14.3 Å². The lowest BCUT2D eigenvalue weighted by molar-refractivity contribution is -0.123. The number of aryl methyl sites for hydroxylation is 2. The number of hydrogen-bond acceptors (Lipinski definition) is 5. The minimum absolute atomic E-state index is 0.118. The van der Waals surface area contributed by atoms with Crippen LogP contribution in [-0.4, -0.2) is 35.0 Å². The molecule has 5 N–H and O–H groups in total. The molecule has 2 atom stereocenters. The van der Waals surface area contributed by atoms with Crippen LogP contribution in [-0.2, 0) is 30.7 Å². The Morgan fingerprint density at radius 3 is 2.73 bits per heavy atom. The normalized spacial score (nSPS) is 17.9. The second-order valence-corrected chi connectivity index (χ2v) is 10.4. The number of hydrogen-bond donors (Lipinski definition) is 4. The number of carbonyl (C=O) groups excluding carboxylic acids is 1. The van der Waals surface area contributed by atoms with Crippen LogP contribution in [0.4, 0.5) is 10.1 Å². The molecule has 0 saturated carbocycles. The van der Waals surface area contributed by atoms with Gasteiger partial charge >= 0.3 is 0 Å². The molecule has 37 heavy (non-hydrogen) atoms. The van der Waals surface area contributed by atoms with Crippen molar-refractivity contribution in [1.29, 1.82) is 0 Å². The molecular formula is C30H35FN4O2. The highest BCUT2D eigenvalue weighted by Crippen LogP contribution is 2.32. The van der Waals surface area contributed by atoms with Gasteiger partial charge in [0.2, 0.25) is 5.91 Å². The third-order valence-electron chi connectivity index (χ3n) is 7.66. The Kier molecular flexibility index (Phi) is 7.17. The van der Waals surface area contributed by atoms with Crippen LogP contribution in [0.25, 0.3) is 0 Å². The molecule has 194 valence electrons. The Bertz CT molecular complexity index is 1300. The number of halogens is 1. The van der Waals surface area contributed by atoms with E-state index in [4.69, 9.17) is 5.73 Å². The summed E-state index contributed by atoms with van der Waals surface area (Å²) in [5.74, 6) is -0.141. The summed E-state index contributed by atoms with van der Waals surface area (Å²) in [5.41, 5.74) is 14.8. The van der Waals surface area contributed by atoms with Gasteiger partial charge in [-0.15, -0.1) is 0 Å². The molecule has 0 saturated heterocycles. The van der Waals surface area contributed by atoms with Gasteiger partial charge in [-0.05, 0) is 102 Å². The first-order chi connectivity index (χ1) is 17.8. The van der Waals surface area contributed by atoms with Gasteiger partial charge in [-0.1, -0.05) is 18.2 Å². The van der Waals surface area contributed by atoms with Crippen LogP contribution in [0, 0.1) is 19.7 Å². The zero-order chi connectivity index (χ0) is 26.1. The van der Waals surface area contributed by atoms with Crippen molar-refractivity contribution in [1.82, 2.24) is 10.2 Å². The molecule has 0 unspecified atom stereocenters. The topological polar surface area (TPSA) is 90.6 Å². The summed E-state index contributed by atoms with van der Waals surface area (Å²) >= 11 is 0. The van der Waals surface area contributed by atoms with Crippen LogP contribution in [0.5, 0.6) is 5.75 Å². The molecule has 0 bridgehead atoms. The van der Waals surface area contributed by atoms with Crippen LogP contribution in [0.3, 0.4) is 0 Å². The molecule has 3 aromatic rings. The molecule has 1 amide bonds. The summed E-state index contributed by atoms with van der Waals surface area (Å²) in [7, 11) is 0. The van der Waals surface area contributed by atoms with Gasteiger partial charge in [0.25, 0.3) is 0 Å². The second kappa shape index (κ2) is 10.5. The lowest BCUT2D eigenvalue weighted by atomic mass is 9.93. The van der Waals surface area contributed by atoms with E-state index in [0.717, 1.165) is 72.5 Å². The number of phenolic OH excluding ortho intramolecular Hbond substituents is 1. The van der Waals surface area contributed by atoms with Crippen molar-refractivity contribution in [3.05, 3.63) is 93.3 Å². The van der Waals surface area contributed by atoms with E-state index in [9.17, 15) is 14.3 Å². The molecule has 0 spiro atoms. The fourth-order valence-electron chi connectivity index (χ4n) is 5.68. The first kappa shape index (κ1) is 25.2. The molecule has 7 heteroatoms. The predicted molar refractivity (Wildman–Crippen MR) is 144 cm³/mol. The van der Waals surface area contributed by atoms with E-state index in [1.807, 2.05) is 19.9 Å².